The van der Waals surface area contributed by atoms with Gasteiger partial charge in [-0.15, -0.1) is 0 Å². The first-order valence-electron chi connectivity index (χ1n) is 3.88. The zero-order valence-corrected chi connectivity index (χ0v) is 8.39. The number of amides is 1. The quantitative estimate of drug-likeness (QED) is 0.750. The lowest BCUT2D eigenvalue weighted by Gasteiger charge is -2.16. The van der Waals surface area contributed by atoms with Crippen molar-refractivity contribution in [3.63, 3.8) is 0 Å². The molecule has 1 rings (SSSR count). The molecule has 1 aromatic rings. The molecule has 0 radical (unpaired) electrons. The molecule has 76 valence electrons. The van der Waals surface area contributed by atoms with Crippen molar-refractivity contribution in [1.29, 1.82) is 0 Å². The Morgan fingerprint density at radius 2 is 2.14 bits per heavy atom. The second-order valence-electron chi connectivity index (χ2n) is 2.71. The summed E-state index contributed by atoms with van der Waals surface area (Å²) >= 11 is 3.77. The van der Waals surface area contributed by atoms with Gasteiger partial charge in [0.25, 0.3) is 0 Å². The summed E-state index contributed by atoms with van der Waals surface area (Å²) in [4.78, 5) is 12.2. The van der Waals surface area contributed by atoms with Crippen LogP contribution in [0.25, 0.3) is 0 Å². The van der Waals surface area contributed by atoms with Gasteiger partial charge in [0.1, 0.15) is 11.6 Å². The number of anilines is 1. The Morgan fingerprint density at radius 1 is 1.50 bits per heavy atom. The van der Waals surface area contributed by atoms with Crippen molar-refractivity contribution >= 4 is 24.2 Å². The maximum Gasteiger partial charge on any atom is 0.236 e. The van der Waals surface area contributed by atoms with Gasteiger partial charge in [0.2, 0.25) is 5.91 Å². The highest BCUT2D eigenvalue weighted by Crippen LogP contribution is 2.18. The van der Waals surface area contributed by atoms with Gasteiger partial charge in [0.15, 0.2) is 0 Å². The van der Waals surface area contributed by atoms with Crippen LogP contribution >= 0.6 is 12.6 Å². The van der Waals surface area contributed by atoms with E-state index in [1.54, 1.807) is 0 Å². The van der Waals surface area contributed by atoms with E-state index in [0.29, 0.717) is 0 Å². The Balaban J connectivity index is 3.01. The van der Waals surface area contributed by atoms with Crippen LogP contribution in [-0.4, -0.2) is 18.7 Å². The van der Waals surface area contributed by atoms with Crippen LogP contribution in [0.4, 0.5) is 14.5 Å². The van der Waals surface area contributed by atoms with Gasteiger partial charge in [-0.25, -0.2) is 8.78 Å². The molecule has 0 aromatic heterocycles. The Kier molecular flexibility index (Phi) is 3.46. The van der Waals surface area contributed by atoms with Gasteiger partial charge >= 0.3 is 0 Å². The average molecular weight is 217 g/mol. The van der Waals surface area contributed by atoms with E-state index in [9.17, 15) is 13.6 Å². The predicted octanol–water partition coefficient (Wildman–Crippen LogP) is 1.86. The number of hydrogen-bond acceptors (Lipinski definition) is 2. The summed E-state index contributed by atoms with van der Waals surface area (Å²) in [5, 5.41) is 0. The Morgan fingerprint density at radius 3 is 2.64 bits per heavy atom. The Bertz CT molecular complexity index is 357. The minimum atomic E-state index is -0.761. The SMILES string of the molecule is CN(C(=O)CS)c1ccc(F)cc1F. The molecule has 0 atom stereocenters. The van der Waals surface area contributed by atoms with Gasteiger partial charge in [-0.3, -0.25) is 4.79 Å². The zero-order chi connectivity index (χ0) is 10.7. The fourth-order valence-corrected chi connectivity index (χ4v) is 1.21. The topological polar surface area (TPSA) is 20.3 Å². The van der Waals surface area contributed by atoms with Crippen molar-refractivity contribution in [2.75, 3.05) is 17.7 Å². The number of thiol groups is 1. The number of nitrogens with zero attached hydrogens (tertiary/aromatic N) is 1. The fourth-order valence-electron chi connectivity index (χ4n) is 0.994. The first kappa shape index (κ1) is 11.0. The van der Waals surface area contributed by atoms with Crippen LogP contribution in [0.15, 0.2) is 18.2 Å². The van der Waals surface area contributed by atoms with E-state index in [2.05, 4.69) is 12.6 Å². The van der Waals surface area contributed by atoms with E-state index >= 15 is 0 Å². The van der Waals surface area contributed by atoms with Crippen LogP contribution in [0.5, 0.6) is 0 Å². The van der Waals surface area contributed by atoms with Crippen LogP contribution in [0, 0.1) is 11.6 Å². The fraction of sp³-hybridized carbons (Fsp3) is 0.222. The first-order chi connectivity index (χ1) is 6.56. The highest BCUT2D eigenvalue weighted by molar-refractivity contribution is 7.81. The number of carbonyl (C=O) groups is 1. The number of carbonyl (C=O) groups excluding carboxylic acids is 1. The minimum Gasteiger partial charge on any atom is -0.312 e. The summed E-state index contributed by atoms with van der Waals surface area (Å²) in [6.07, 6.45) is 0. The molecule has 0 aliphatic heterocycles. The van der Waals surface area contributed by atoms with Crippen molar-refractivity contribution in [3.05, 3.63) is 29.8 Å². The summed E-state index contributed by atoms with van der Waals surface area (Å²) in [5.41, 5.74) is 0.0467. The van der Waals surface area contributed by atoms with Crippen molar-refractivity contribution in [2.45, 2.75) is 0 Å². The van der Waals surface area contributed by atoms with E-state index in [4.69, 9.17) is 0 Å². The van der Waals surface area contributed by atoms with Gasteiger partial charge in [0.05, 0.1) is 11.4 Å². The number of benzene rings is 1. The van der Waals surface area contributed by atoms with Crippen LogP contribution in [0.1, 0.15) is 0 Å². The largest absolute Gasteiger partial charge is 0.312 e. The monoisotopic (exact) mass is 217 g/mol. The normalized spacial score (nSPS) is 10.0. The molecule has 0 saturated carbocycles. The summed E-state index contributed by atoms with van der Waals surface area (Å²) in [5.74, 6) is -1.80. The van der Waals surface area contributed by atoms with Crippen LogP contribution in [0.2, 0.25) is 0 Å². The molecule has 0 N–H and O–H groups in total. The van der Waals surface area contributed by atoms with Crippen molar-refractivity contribution in [2.24, 2.45) is 0 Å². The lowest BCUT2D eigenvalue weighted by atomic mass is 10.2. The molecule has 1 aromatic carbocycles. The molecule has 0 aliphatic rings. The number of halogens is 2. The molecule has 0 bridgehead atoms. The second-order valence-corrected chi connectivity index (χ2v) is 3.02. The third kappa shape index (κ3) is 2.23. The molecular weight excluding hydrogens is 208 g/mol. The van der Waals surface area contributed by atoms with E-state index in [1.165, 1.54) is 13.1 Å². The maximum absolute atomic E-state index is 13.1. The summed E-state index contributed by atoms with van der Waals surface area (Å²) in [6.45, 7) is 0. The third-order valence-electron chi connectivity index (χ3n) is 1.78. The third-order valence-corrected chi connectivity index (χ3v) is 2.05. The lowest BCUT2D eigenvalue weighted by molar-refractivity contribution is -0.115. The molecule has 0 unspecified atom stereocenters. The van der Waals surface area contributed by atoms with E-state index in [1.807, 2.05) is 0 Å². The molecule has 0 fully saturated rings. The average Bonchev–Trinajstić information content (AvgIpc) is 2.15. The molecule has 14 heavy (non-hydrogen) atoms. The maximum atomic E-state index is 13.1. The smallest absolute Gasteiger partial charge is 0.236 e. The van der Waals surface area contributed by atoms with Crippen LogP contribution < -0.4 is 4.90 Å². The molecular formula is C9H9F2NOS. The first-order valence-corrected chi connectivity index (χ1v) is 4.52. The standard InChI is InChI=1S/C9H9F2NOS/c1-12(9(13)5-14)8-3-2-6(10)4-7(8)11/h2-4,14H,5H2,1H3. The van der Waals surface area contributed by atoms with Gasteiger partial charge in [-0.1, -0.05) is 0 Å². The van der Waals surface area contributed by atoms with Crippen molar-refractivity contribution in [1.82, 2.24) is 0 Å². The molecule has 0 heterocycles. The van der Waals surface area contributed by atoms with E-state index < -0.39 is 11.6 Å². The highest BCUT2D eigenvalue weighted by Gasteiger charge is 2.13. The highest BCUT2D eigenvalue weighted by atomic mass is 32.1. The summed E-state index contributed by atoms with van der Waals surface area (Å²) in [6, 6.07) is 3.05. The molecule has 2 nitrogen and oxygen atoms in total. The minimum absolute atomic E-state index is 0.0205. The predicted molar refractivity (Wildman–Crippen MR) is 53.6 cm³/mol. The van der Waals surface area contributed by atoms with Gasteiger partial charge < -0.3 is 4.90 Å². The van der Waals surface area contributed by atoms with Gasteiger partial charge in [-0.05, 0) is 12.1 Å². The van der Waals surface area contributed by atoms with Crippen LogP contribution in [0.3, 0.4) is 0 Å². The van der Waals surface area contributed by atoms with Gasteiger partial charge in [0, 0.05) is 13.1 Å². The molecule has 0 saturated heterocycles. The Labute approximate surface area is 85.9 Å². The number of hydrogen-bond donors (Lipinski definition) is 1. The van der Waals surface area contributed by atoms with E-state index in [0.717, 1.165) is 17.0 Å². The lowest BCUT2D eigenvalue weighted by Crippen LogP contribution is -2.28. The van der Waals surface area contributed by atoms with Crippen molar-refractivity contribution in [3.8, 4) is 0 Å². The zero-order valence-electron chi connectivity index (χ0n) is 7.50. The molecule has 0 spiro atoms. The molecule has 0 aliphatic carbocycles. The second kappa shape index (κ2) is 4.41. The summed E-state index contributed by atoms with van der Waals surface area (Å²) < 4.78 is 25.7. The van der Waals surface area contributed by atoms with Gasteiger partial charge in [-0.2, -0.15) is 12.6 Å². The molecule has 1 amide bonds. The van der Waals surface area contributed by atoms with Crippen LogP contribution in [-0.2, 0) is 4.79 Å². The van der Waals surface area contributed by atoms with Crippen molar-refractivity contribution < 1.29 is 13.6 Å². The summed E-state index contributed by atoms with van der Waals surface area (Å²) in [7, 11) is 1.41. The Hall–Kier alpha value is -1.10. The molecule has 5 heteroatoms. The number of rotatable bonds is 2. The van der Waals surface area contributed by atoms with E-state index in [-0.39, 0.29) is 17.3 Å².